The first kappa shape index (κ1) is 28.7. The first-order chi connectivity index (χ1) is 18.9. The van der Waals surface area contributed by atoms with Gasteiger partial charge in [0.25, 0.3) is 0 Å². The molecule has 0 radical (unpaired) electrons. The number of carbonyl (C=O) groups excluding carboxylic acids is 1. The van der Waals surface area contributed by atoms with E-state index in [0.717, 1.165) is 67.7 Å². The van der Waals surface area contributed by atoms with Crippen LogP contribution in [0.2, 0.25) is 0 Å². The van der Waals surface area contributed by atoms with E-state index in [1.165, 1.54) is 30.0 Å². The summed E-state index contributed by atoms with van der Waals surface area (Å²) in [4.78, 5) is 23.7. The van der Waals surface area contributed by atoms with Crippen LogP contribution in [0.15, 0.2) is 31.1 Å². The van der Waals surface area contributed by atoms with Crippen LogP contribution in [0.4, 0.5) is 17.3 Å². The van der Waals surface area contributed by atoms with E-state index < -0.39 is 9.84 Å². The number of nitrogens with one attached hydrogen (secondary N) is 2. The molecule has 1 aliphatic carbocycles. The first-order valence-corrected chi connectivity index (χ1v) is 15.7. The summed E-state index contributed by atoms with van der Waals surface area (Å²) in [5, 5.41) is 6.88. The van der Waals surface area contributed by atoms with Crippen molar-refractivity contribution in [3.63, 3.8) is 0 Å². The molecule has 0 spiro atoms. The van der Waals surface area contributed by atoms with Crippen molar-refractivity contribution < 1.29 is 19.4 Å². The Morgan fingerprint density at radius 2 is 1.80 bits per heavy atom. The number of hydrogen-bond acceptors (Lipinski definition) is 9. The highest BCUT2D eigenvalue weighted by atomic mass is 32.2. The number of benzene rings is 1. The number of hydrogen-bond donors (Lipinski definition) is 2. The van der Waals surface area contributed by atoms with Crippen molar-refractivity contribution in [3.8, 4) is 5.75 Å². The van der Waals surface area contributed by atoms with Gasteiger partial charge < -0.3 is 25.2 Å². The molecule has 3 saturated heterocycles. The molecule has 0 unspecified atom stereocenters. The zero-order valence-electron chi connectivity index (χ0n) is 22.7. The van der Waals surface area contributed by atoms with Gasteiger partial charge in [-0.2, -0.15) is 13.5 Å². The van der Waals surface area contributed by atoms with Gasteiger partial charge in [0, 0.05) is 46.6 Å². The topological polar surface area (TPSA) is 117 Å². The Hall–Kier alpha value is -2.83. The minimum absolute atomic E-state index is 0. The van der Waals surface area contributed by atoms with E-state index in [9.17, 15) is 13.2 Å². The summed E-state index contributed by atoms with van der Waals surface area (Å²) in [6.07, 6.45) is 7.66. The number of ether oxygens (including phenoxy) is 1. The third-order valence-electron chi connectivity index (χ3n) is 8.18. The maximum absolute atomic E-state index is 11.8. The number of aromatic nitrogens is 2. The van der Waals surface area contributed by atoms with Gasteiger partial charge in [0.2, 0.25) is 5.91 Å². The molecule has 7 rings (SSSR count). The van der Waals surface area contributed by atoms with Gasteiger partial charge in [-0.25, -0.2) is 18.4 Å². The Morgan fingerprint density at radius 1 is 1.07 bits per heavy atom. The normalized spacial score (nSPS) is 21.1. The Bertz CT molecular complexity index is 1360. The van der Waals surface area contributed by atoms with Gasteiger partial charge in [0.05, 0.1) is 22.8 Å². The van der Waals surface area contributed by atoms with Crippen LogP contribution in [0.3, 0.4) is 0 Å². The highest BCUT2D eigenvalue weighted by Crippen LogP contribution is 2.50. The SMILES string of the molecule is C=CC(=O)N1CCCC1.O=S1(=O)CCN(c2ncnc3c2COc2c(cc(C4CNC4)cc2C2CC2)N3)CC1.S.[HH]. The average Bonchev–Trinajstić information content (AvgIpc) is 3.64. The lowest BCUT2D eigenvalue weighted by molar-refractivity contribution is -0.124. The molecule has 10 nitrogen and oxygen atoms in total. The fourth-order valence-electron chi connectivity index (χ4n) is 5.56. The summed E-state index contributed by atoms with van der Waals surface area (Å²) in [5.74, 6) is 3.97. The van der Waals surface area contributed by atoms with Crippen molar-refractivity contribution in [2.75, 3.05) is 61.0 Å². The molecule has 218 valence electrons. The molecule has 12 heteroatoms. The van der Waals surface area contributed by atoms with Gasteiger partial charge >= 0.3 is 0 Å². The van der Waals surface area contributed by atoms with E-state index >= 15 is 0 Å². The standard InChI is InChI=1S/C21H25N5O3S.C7H11NO.H2S.H2/c27-30(28)5-3-26(4-6-30)21-17-11-29-19-16(13-1-2-13)7-14(15-9-22-10-15)8-18(19)25-20(17)23-12-24-21;1-2-7(9)8-5-3-4-6-8;;/h7-8,12-13,15,22H,1-6,9-11H2,(H,23,24,25);2H,1,3-6H2;1H2;1H. The van der Waals surface area contributed by atoms with Crippen molar-refractivity contribution in [3.05, 3.63) is 47.8 Å². The second-order valence-corrected chi connectivity index (χ2v) is 13.2. The second kappa shape index (κ2) is 12.0. The van der Waals surface area contributed by atoms with E-state index in [1.807, 2.05) is 9.80 Å². The van der Waals surface area contributed by atoms with E-state index in [-0.39, 0.29) is 32.3 Å². The van der Waals surface area contributed by atoms with Crippen LogP contribution >= 0.6 is 13.5 Å². The van der Waals surface area contributed by atoms with Crippen molar-refractivity contribution >= 4 is 46.6 Å². The monoisotopic (exact) mass is 588 g/mol. The number of fused-ring (bicyclic) bond motifs is 2. The molecule has 5 heterocycles. The summed E-state index contributed by atoms with van der Waals surface area (Å²) in [7, 11) is -2.95. The average molecular weight is 589 g/mol. The Labute approximate surface area is 244 Å². The summed E-state index contributed by atoms with van der Waals surface area (Å²) in [5.41, 5.74) is 4.52. The summed E-state index contributed by atoms with van der Waals surface area (Å²) >= 11 is 0. The molecule has 1 amide bonds. The summed E-state index contributed by atoms with van der Waals surface area (Å²) in [6.45, 7) is 8.57. The van der Waals surface area contributed by atoms with E-state index in [1.54, 1.807) is 6.33 Å². The number of likely N-dealkylation sites (tertiary alicyclic amines) is 1. The van der Waals surface area contributed by atoms with Crippen LogP contribution in [0.1, 0.15) is 55.6 Å². The van der Waals surface area contributed by atoms with Crippen molar-refractivity contribution in [1.82, 2.24) is 20.2 Å². The number of rotatable bonds is 4. The van der Waals surface area contributed by atoms with Crippen LogP contribution in [0.25, 0.3) is 0 Å². The number of amides is 1. The fraction of sp³-hybridized carbons (Fsp3) is 0.536. The molecule has 5 aliphatic rings. The third-order valence-corrected chi connectivity index (χ3v) is 9.79. The zero-order chi connectivity index (χ0) is 27.0. The maximum Gasteiger partial charge on any atom is 0.245 e. The summed E-state index contributed by atoms with van der Waals surface area (Å²) < 4.78 is 30.0. The number of anilines is 3. The Morgan fingerprint density at radius 3 is 2.42 bits per heavy atom. The van der Waals surface area contributed by atoms with Gasteiger partial charge in [-0.3, -0.25) is 4.79 Å². The van der Waals surface area contributed by atoms with Gasteiger partial charge in [-0.1, -0.05) is 12.6 Å². The quantitative estimate of drug-likeness (QED) is 0.520. The third kappa shape index (κ3) is 6.08. The van der Waals surface area contributed by atoms with Crippen molar-refractivity contribution in [2.24, 2.45) is 0 Å². The zero-order valence-corrected chi connectivity index (χ0v) is 24.5. The highest BCUT2D eigenvalue weighted by molar-refractivity contribution is 7.91. The maximum atomic E-state index is 11.8. The van der Waals surface area contributed by atoms with Crippen molar-refractivity contribution in [2.45, 2.75) is 44.1 Å². The summed E-state index contributed by atoms with van der Waals surface area (Å²) in [6, 6.07) is 4.54. The van der Waals surface area contributed by atoms with Crippen LogP contribution < -0.4 is 20.3 Å². The molecular weight excluding hydrogens is 548 g/mol. The van der Waals surface area contributed by atoms with Gasteiger partial charge in [0.1, 0.15) is 30.3 Å². The van der Waals surface area contributed by atoms with Crippen LogP contribution in [-0.4, -0.2) is 80.0 Å². The fourth-order valence-corrected chi connectivity index (χ4v) is 6.77. The lowest BCUT2D eigenvalue weighted by atomic mass is 9.90. The van der Waals surface area contributed by atoms with Crippen LogP contribution in [0.5, 0.6) is 5.75 Å². The lowest BCUT2D eigenvalue weighted by Crippen LogP contribution is -2.41. The molecule has 4 aliphatic heterocycles. The molecule has 2 N–H and O–H groups in total. The number of sulfone groups is 1. The van der Waals surface area contributed by atoms with E-state index in [0.29, 0.717) is 31.5 Å². The molecule has 40 heavy (non-hydrogen) atoms. The lowest BCUT2D eigenvalue weighted by Gasteiger charge is -2.29. The van der Waals surface area contributed by atoms with E-state index in [4.69, 9.17) is 4.74 Å². The number of carbonyl (C=O) groups is 1. The Kier molecular flexibility index (Phi) is 8.58. The molecule has 1 aromatic heterocycles. The van der Waals surface area contributed by atoms with Crippen LogP contribution in [0, 0.1) is 0 Å². The predicted molar refractivity (Wildman–Crippen MR) is 163 cm³/mol. The van der Waals surface area contributed by atoms with Crippen LogP contribution in [-0.2, 0) is 21.2 Å². The molecule has 4 fully saturated rings. The second-order valence-electron chi connectivity index (χ2n) is 10.9. The molecule has 1 saturated carbocycles. The largest absolute Gasteiger partial charge is 0.486 e. The molecule has 2 aromatic rings. The van der Waals surface area contributed by atoms with Gasteiger partial charge in [0.15, 0.2) is 9.84 Å². The minimum Gasteiger partial charge on any atom is -0.486 e. The molecule has 1 aromatic carbocycles. The number of nitrogens with zero attached hydrogens (tertiary/aromatic N) is 4. The first-order valence-electron chi connectivity index (χ1n) is 13.9. The predicted octanol–water partition coefficient (Wildman–Crippen LogP) is 3.07. The van der Waals surface area contributed by atoms with Crippen molar-refractivity contribution in [1.29, 1.82) is 0 Å². The molecular formula is C28H40N6O4S2. The molecule has 0 bridgehead atoms. The molecule has 0 atom stereocenters. The smallest absolute Gasteiger partial charge is 0.245 e. The minimum atomic E-state index is -2.95. The highest BCUT2D eigenvalue weighted by Gasteiger charge is 2.33. The van der Waals surface area contributed by atoms with E-state index in [2.05, 4.69) is 39.3 Å². The Balaban J connectivity index is 0.000000305. The van der Waals surface area contributed by atoms with Gasteiger partial charge in [-0.05, 0) is 54.9 Å². The van der Waals surface area contributed by atoms with Gasteiger partial charge in [-0.15, -0.1) is 0 Å².